The summed E-state index contributed by atoms with van der Waals surface area (Å²) in [7, 11) is 3.19. The minimum absolute atomic E-state index is 0.243. The molecular formula is C8H10ClNO2S. The van der Waals surface area contributed by atoms with Crippen molar-refractivity contribution in [3.8, 4) is 0 Å². The second-order valence-corrected chi connectivity index (χ2v) is 4.20. The second kappa shape index (κ2) is 4.48. The summed E-state index contributed by atoms with van der Waals surface area (Å²) in [5, 5.41) is 0.954. The number of hydrogen-bond donors (Lipinski definition) is 0. The van der Waals surface area contributed by atoms with Crippen LogP contribution in [-0.4, -0.2) is 26.7 Å². The van der Waals surface area contributed by atoms with Crippen LogP contribution in [0.15, 0.2) is 12.1 Å². The summed E-state index contributed by atoms with van der Waals surface area (Å²) < 4.78 is 5.25. The minimum atomic E-state index is -0.257. The number of thiophene rings is 1. The molecule has 5 heteroatoms. The zero-order chi connectivity index (χ0) is 9.84. The van der Waals surface area contributed by atoms with Crippen LogP contribution in [0.5, 0.6) is 0 Å². The quantitative estimate of drug-likeness (QED) is 0.729. The fourth-order valence-electron chi connectivity index (χ4n) is 0.846. The van der Waals surface area contributed by atoms with E-state index in [9.17, 15) is 4.79 Å². The lowest BCUT2D eigenvalue weighted by molar-refractivity contribution is -0.138. The molecule has 0 N–H and O–H groups in total. The predicted molar refractivity (Wildman–Crippen MR) is 54.6 cm³/mol. The second-order valence-electron chi connectivity index (χ2n) is 2.51. The maximum atomic E-state index is 10.9. The van der Waals surface area contributed by atoms with Crippen molar-refractivity contribution in [2.24, 2.45) is 0 Å². The molecule has 0 amide bonds. The van der Waals surface area contributed by atoms with E-state index in [1.807, 2.05) is 13.1 Å². The molecule has 0 atom stereocenters. The van der Waals surface area contributed by atoms with Crippen LogP contribution >= 0.6 is 22.9 Å². The van der Waals surface area contributed by atoms with Crippen LogP contribution in [0.4, 0.5) is 5.00 Å². The molecule has 0 aliphatic carbocycles. The largest absolute Gasteiger partial charge is 0.468 e. The van der Waals surface area contributed by atoms with E-state index in [-0.39, 0.29) is 12.5 Å². The summed E-state index contributed by atoms with van der Waals surface area (Å²) >= 11 is 7.18. The Hall–Kier alpha value is -0.740. The number of carbonyl (C=O) groups is 1. The van der Waals surface area contributed by atoms with Gasteiger partial charge in [-0.2, -0.15) is 0 Å². The molecular weight excluding hydrogens is 210 g/mol. The Morgan fingerprint density at radius 2 is 2.38 bits per heavy atom. The molecule has 0 saturated heterocycles. The third kappa shape index (κ3) is 2.90. The number of halogens is 1. The molecule has 13 heavy (non-hydrogen) atoms. The van der Waals surface area contributed by atoms with E-state index in [1.54, 1.807) is 11.0 Å². The average molecular weight is 220 g/mol. The number of methoxy groups -OCH3 is 1. The highest BCUT2D eigenvalue weighted by atomic mass is 35.5. The van der Waals surface area contributed by atoms with Gasteiger partial charge in [-0.05, 0) is 12.1 Å². The van der Waals surface area contributed by atoms with Gasteiger partial charge >= 0.3 is 5.97 Å². The van der Waals surface area contributed by atoms with Crippen LogP contribution in [0.3, 0.4) is 0 Å². The zero-order valence-corrected chi connectivity index (χ0v) is 8.98. The van der Waals surface area contributed by atoms with Gasteiger partial charge in [0, 0.05) is 7.05 Å². The molecule has 0 radical (unpaired) electrons. The molecule has 1 heterocycles. The Morgan fingerprint density at radius 3 is 2.85 bits per heavy atom. The zero-order valence-electron chi connectivity index (χ0n) is 7.41. The Bertz CT molecular complexity index is 300. The van der Waals surface area contributed by atoms with Crippen LogP contribution in [0, 0.1) is 0 Å². The maximum absolute atomic E-state index is 10.9. The van der Waals surface area contributed by atoms with Gasteiger partial charge in [-0.1, -0.05) is 11.6 Å². The first-order valence-electron chi connectivity index (χ1n) is 3.67. The van der Waals surface area contributed by atoms with Gasteiger partial charge < -0.3 is 9.64 Å². The number of likely N-dealkylation sites (N-methyl/N-ethyl adjacent to an activating group) is 1. The Balaban J connectivity index is 2.58. The first-order valence-corrected chi connectivity index (χ1v) is 4.86. The number of rotatable bonds is 3. The monoisotopic (exact) mass is 219 g/mol. The van der Waals surface area contributed by atoms with Gasteiger partial charge in [0.2, 0.25) is 0 Å². The molecule has 72 valence electrons. The van der Waals surface area contributed by atoms with Gasteiger partial charge in [0.25, 0.3) is 0 Å². The van der Waals surface area contributed by atoms with Crippen molar-refractivity contribution in [2.45, 2.75) is 0 Å². The van der Waals surface area contributed by atoms with E-state index in [2.05, 4.69) is 4.74 Å². The molecule has 0 unspecified atom stereocenters. The summed E-state index contributed by atoms with van der Waals surface area (Å²) in [6.07, 6.45) is 0. The normalized spacial score (nSPS) is 9.77. The Kier molecular flexibility index (Phi) is 3.57. The van der Waals surface area contributed by atoms with Gasteiger partial charge in [0.15, 0.2) is 0 Å². The van der Waals surface area contributed by atoms with Crippen molar-refractivity contribution >= 4 is 33.9 Å². The summed E-state index contributed by atoms with van der Waals surface area (Å²) in [4.78, 5) is 12.7. The van der Waals surface area contributed by atoms with E-state index in [1.165, 1.54) is 18.4 Å². The van der Waals surface area contributed by atoms with Crippen LogP contribution < -0.4 is 4.90 Å². The van der Waals surface area contributed by atoms with Crippen molar-refractivity contribution in [2.75, 3.05) is 25.6 Å². The molecule has 0 aliphatic heterocycles. The lowest BCUT2D eigenvalue weighted by Crippen LogP contribution is -2.25. The fraction of sp³-hybridized carbons (Fsp3) is 0.375. The lowest BCUT2D eigenvalue weighted by atomic mass is 10.5. The van der Waals surface area contributed by atoms with Gasteiger partial charge in [-0.3, -0.25) is 4.79 Å². The molecule has 0 fully saturated rings. The minimum Gasteiger partial charge on any atom is -0.468 e. The van der Waals surface area contributed by atoms with Crippen LogP contribution in [-0.2, 0) is 9.53 Å². The predicted octanol–water partition coefficient (Wildman–Crippen LogP) is 2.01. The molecule has 3 nitrogen and oxygen atoms in total. The number of nitrogens with zero attached hydrogens (tertiary/aromatic N) is 1. The van der Waals surface area contributed by atoms with Crippen LogP contribution in [0.25, 0.3) is 0 Å². The summed E-state index contributed by atoms with van der Waals surface area (Å²) in [6.45, 7) is 0.243. The molecule has 1 aromatic rings. The van der Waals surface area contributed by atoms with Crippen molar-refractivity contribution < 1.29 is 9.53 Å². The first-order chi connectivity index (χ1) is 6.13. The van der Waals surface area contributed by atoms with E-state index in [4.69, 9.17) is 11.6 Å². The highest BCUT2D eigenvalue weighted by Gasteiger charge is 2.08. The number of esters is 1. The molecule has 1 aromatic heterocycles. The number of hydrogen-bond acceptors (Lipinski definition) is 4. The van der Waals surface area contributed by atoms with Gasteiger partial charge in [0.1, 0.15) is 6.54 Å². The third-order valence-corrected chi connectivity index (χ3v) is 2.87. The molecule has 0 saturated carbocycles. The van der Waals surface area contributed by atoms with Gasteiger partial charge in [-0.15, -0.1) is 11.3 Å². The average Bonchev–Trinajstić information content (AvgIpc) is 2.51. The maximum Gasteiger partial charge on any atom is 0.325 e. The Morgan fingerprint density at radius 1 is 1.69 bits per heavy atom. The summed E-state index contributed by atoms with van der Waals surface area (Å²) in [5.41, 5.74) is 0. The van der Waals surface area contributed by atoms with Crippen molar-refractivity contribution in [1.29, 1.82) is 0 Å². The highest BCUT2D eigenvalue weighted by Crippen LogP contribution is 2.28. The fourth-order valence-corrected chi connectivity index (χ4v) is 1.84. The van der Waals surface area contributed by atoms with Crippen LogP contribution in [0.2, 0.25) is 4.34 Å². The topological polar surface area (TPSA) is 29.5 Å². The highest BCUT2D eigenvalue weighted by molar-refractivity contribution is 7.19. The Labute approximate surface area is 85.9 Å². The SMILES string of the molecule is COC(=O)CN(C)c1ccc(Cl)s1. The third-order valence-electron chi connectivity index (χ3n) is 1.53. The summed E-state index contributed by atoms with van der Waals surface area (Å²) in [5.74, 6) is -0.257. The number of carbonyl (C=O) groups excluding carboxylic acids is 1. The molecule has 0 aliphatic rings. The number of anilines is 1. The van der Waals surface area contributed by atoms with Gasteiger partial charge in [-0.25, -0.2) is 0 Å². The van der Waals surface area contributed by atoms with Crippen LogP contribution in [0.1, 0.15) is 0 Å². The van der Waals surface area contributed by atoms with Crippen molar-refractivity contribution in [3.63, 3.8) is 0 Å². The van der Waals surface area contributed by atoms with E-state index in [0.29, 0.717) is 4.34 Å². The first kappa shape index (κ1) is 10.3. The van der Waals surface area contributed by atoms with E-state index in [0.717, 1.165) is 5.00 Å². The molecule has 1 rings (SSSR count). The van der Waals surface area contributed by atoms with Crippen molar-refractivity contribution in [1.82, 2.24) is 0 Å². The lowest BCUT2D eigenvalue weighted by Gasteiger charge is -2.14. The van der Waals surface area contributed by atoms with Crippen molar-refractivity contribution in [3.05, 3.63) is 16.5 Å². The van der Waals surface area contributed by atoms with E-state index < -0.39 is 0 Å². The molecule has 0 spiro atoms. The molecule has 0 bridgehead atoms. The van der Waals surface area contributed by atoms with Gasteiger partial charge in [0.05, 0.1) is 16.4 Å². The number of ether oxygens (including phenoxy) is 1. The standard InChI is InChI=1S/C8H10ClNO2S/c1-10(5-8(11)12-2)7-4-3-6(9)13-7/h3-4H,5H2,1-2H3. The molecule has 0 aromatic carbocycles. The smallest absolute Gasteiger partial charge is 0.325 e. The summed E-state index contributed by atoms with van der Waals surface area (Å²) in [6, 6.07) is 3.67. The van der Waals surface area contributed by atoms with E-state index >= 15 is 0 Å².